The first-order valence-electron chi connectivity index (χ1n) is 4.84. The lowest BCUT2D eigenvalue weighted by atomic mass is 10.2. The van der Waals surface area contributed by atoms with Gasteiger partial charge in [0.25, 0.3) is 0 Å². The second kappa shape index (κ2) is 6.35. The number of ether oxygens (including phenoxy) is 2. The van der Waals surface area contributed by atoms with Crippen molar-refractivity contribution in [1.29, 1.82) is 0 Å². The highest BCUT2D eigenvalue weighted by molar-refractivity contribution is 4.58. The average Bonchev–Trinajstić information content (AvgIpc) is 2.01. The van der Waals surface area contributed by atoms with Crippen LogP contribution in [-0.2, 0) is 9.47 Å². The van der Waals surface area contributed by atoms with Gasteiger partial charge in [-0.05, 0) is 34.7 Å². The minimum absolute atomic E-state index is 0.0576. The molecule has 13 heavy (non-hydrogen) atoms. The van der Waals surface area contributed by atoms with Gasteiger partial charge in [-0.3, -0.25) is 0 Å². The van der Waals surface area contributed by atoms with Crippen LogP contribution >= 0.6 is 0 Å². The number of hydrogen-bond donors (Lipinski definition) is 1. The summed E-state index contributed by atoms with van der Waals surface area (Å²) in [6, 6.07) is 0.412. The van der Waals surface area contributed by atoms with Crippen LogP contribution in [0.3, 0.4) is 0 Å². The van der Waals surface area contributed by atoms with Crippen LogP contribution in [0.2, 0.25) is 0 Å². The Kier molecular flexibility index (Phi) is 6.29. The molecular weight excluding hydrogens is 166 g/mol. The Balaban J connectivity index is 3.18. The molecular formula is C10H23NO2. The summed E-state index contributed by atoms with van der Waals surface area (Å²) in [5.41, 5.74) is -0.0576. The maximum atomic E-state index is 5.50. The monoisotopic (exact) mass is 189 g/mol. The maximum Gasteiger partial charge on any atom is 0.0707 e. The van der Waals surface area contributed by atoms with Gasteiger partial charge in [-0.2, -0.15) is 0 Å². The fraction of sp³-hybridized carbons (Fsp3) is 1.00. The van der Waals surface area contributed by atoms with Crippen molar-refractivity contribution < 1.29 is 9.47 Å². The number of likely N-dealkylation sites (N-methyl/N-ethyl adjacent to an activating group) is 1. The Labute approximate surface area is 81.8 Å². The summed E-state index contributed by atoms with van der Waals surface area (Å²) in [6.07, 6.45) is 0. The largest absolute Gasteiger partial charge is 0.377 e. The molecule has 0 aliphatic heterocycles. The molecule has 0 amide bonds. The van der Waals surface area contributed by atoms with Crippen LogP contribution in [0.4, 0.5) is 0 Å². The van der Waals surface area contributed by atoms with Crippen LogP contribution in [0.1, 0.15) is 27.7 Å². The zero-order chi connectivity index (χ0) is 10.3. The van der Waals surface area contributed by atoms with E-state index in [0.29, 0.717) is 19.3 Å². The number of rotatable bonds is 6. The Morgan fingerprint density at radius 3 is 2.31 bits per heavy atom. The smallest absolute Gasteiger partial charge is 0.0707 e. The van der Waals surface area contributed by atoms with Gasteiger partial charge in [0.2, 0.25) is 0 Å². The lowest BCUT2D eigenvalue weighted by Gasteiger charge is -2.19. The van der Waals surface area contributed by atoms with E-state index >= 15 is 0 Å². The highest BCUT2D eigenvalue weighted by atomic mass is 16.5. The van der Waals surface area contributed by atoms with Crippen LogP contribution in [0.25, 0.3) is 0 Å². The standard InChI is InChI=1S/C10H23NO2/c1-9(11-5)8-12-6-7-13-10(2,3)4/h9,11H,6-8H2,1-5H3. The fourth-order valence-electron chi connectivity index (χ4n) is 0.750. The van der Waals surface area contributed by atoms with E-state index in [-0.39, 0.29) is 5.60 Å². The average molecular weight is 189 g/mol. The topological polar surface area (TPSA) is 30.5 Å². The molecule has 0 fully saturated rings. The molecule has 0 aromatic carbocycles. The molecule has 0 aliphatic carbocycles. The zero-order valence-corrected chi connectivity index (χ0v) is 9.52. The Morgan fingerprint density at radius 2 is 1.85 bits per heavy atom. The van der Waals surface area contributed by atoms with E-state index in [4.69, 9.17) is 9.47 Å². The van der Waals surface area contributed by atoms with Crippen molar-refractivity contribution in [2.45, 2.75) is 39.3 Å². The third-order valence-electron chi connectivity index (χ3n) is 1.62. The quantitative estimate of drug-likeness (QED) is 0.641. The SMILES string of the molecule is CNC(C)COCCOC(C)(C)C. The van der Waals surface area contributed by atoms with Crippen LogP contribution < -0.4 is 5.32 Å². The predicted octanol–water partition coefficient (Wildman–Crippen LogP) is 1.43. The molecule has 80 valence electrons. The molecule has 0 radical (unpaired) electrons. The summed E-state index contributed by atoms with van der Waals surface area (Å²) >= 11 is 0. The molecule has 1 N–H and O–H groups in total. The van der Waals surface area contributed by atoms with Crippen LogP contribution in [0.15, 0.2) is 0 Å². The first kappa shape index (κ1) is 12.9. The van der Waals surface area contributed by atoms with Crippen molar-refractivity contribution in [3.8, 4) is 0 Å². The van der Waals surface area contributed by atoms with Crippen molar-refractivity contribution in [3.63, 3.8) is 0 Å². The minimum atomic E-state index is -0.0576. The van der Waals surface area contributed by atoms with Crippen LogP contribution in [0, 0.1) is 0 Å². The molecule has 0 bridgehead atoms. The summed E-state index contributed by atoms with van der Waals surface area (Å²) in [5.74, 6) is 0. The number of hydrogen-bond acceptors (Lipinski definition) is 3. The molecule has 1 atom stereocenters. The molecule has 3 heteroatoms. The first-order chi connectivity index (χ1) is 5.95. The van der Waals surface area contributed by atoms with Gasteiger partial charge in [-0.25, -0.2) is 0 Å². The molecule has 0 aromatic heterocycles. The molecule has 0 heterocycles. The predicted molar refractivity (Wildman–Crippen MR) is 55.0 cm³/mol. The fourth-order valence-corrected chi connectivity index (χ4v) is 0.750. The molecule has 1 unspecified atom stereocenters. The van der Waals surface area contributed by atoms with Gasteiger partial charge < -0.3 is 14.8 Å². The summed E-state index contributed by atoms with van der Waals surface area (Å²) < 4.78 is 10.9. The highest BCUT2D eigenvalue weighted by Crippen LogP contribution is 2.05. The Morgan fingerprint density at radius 1 is 1.23 bits per heavy atom. The summed E-state index contributed by atoms with van der Waals surface area (Å²) in [4.78, 5) is 0. The van der Waals surface area contributed by atoms with Gasteiger partial charge in [-0.1, -0.05) is 0 Å². The highest BCUT2D eigenvalue weighted by Gasteiger charge is 2.08. The third-order valence-corrected chi connectivity index (χ3v) is 1.62. The van der Waals surface area contributed by atoms with E-state index in [1.165, 1.54) is 0 Å². The third kappa shape index (κ3) is 9.80. The van der Waals surface area contributed by atoms with Crippen LogP contribution in [0.5, 0.6) is 0 Å². The van der Waals surface area contributed by atoms with E-state index < -0.39 is 0 Å². The van der Waals surface area contributed by atoms with Crippen molar-refractivity contribution in [3.05, 3.63) is 0 Å². The van der Waals surface area contributed by atoms with E-state index in [1.807, 2.05) is 27.8 Å². The van der Waals surface area contributed by atoms with Crippen molar-refractivity contribution in [2.24, 2.45) is 0 Å². The van der Waals surface area contributed by atoms with Gasteiger partial charge in [0.05, 0.1) is 25.4 Å². The molecule has 0 aromatic rings. The molecule has 0 rings (SSSR count). The van der Waals surface area contributed by atoms with E-state index in [1.54, 1.807) is 0 Å². The molecule has 0 aliphatic rings. The van der Waals surface area contributed by atoms with E-state index in [0.717, 1.165) is 6.61 Å². The summed E-state index contributed by atoms with van der Waals surface area (Å²) in [7, 11) is 1.93. The van der Waals surface area contributed by atoms with Crippen LogP contribution in [-0.4, -0.2) is 38.5 Å². The normalized spacial score (nSPS) is 14.5. The minimum Gasteiger partial charge on any atom is -0.377 e. The molecule has 0 saturated carbocycles. The lowest BCUT2D eigenvalue weighted by molar-refractivity contribution is -0.0365. The van der Waals surface area contributed by atoms with E-state index in [9.17, 15) is 0 Å². The van der Waals surface area contributed by atoms with Crippen molar-refractivity contribution in [1.82, 2.24) is 5.32 Å². The second-order valence-electron chi connectivity index (χ2n) is 4.23. The van der Waals surface area contributed by atoms with Crippen molar-refractivity contribution >= 4 is 0 Å². The zero-order valence-electron chi connectivity index (χ0n) is 9.52. The second-order valence-corrected chi connectivity index (χ2v) is 4.23. The van der Waals surface area contributed by atoms with Gasteiger partial charge in [-0.15, -0.1) is 0 Å². The van der Waals surface area contributed by atoms with Gasteiger partial charge in [0, 0.05) is 6.04 Å². The van der Waals surface area contributed by atoms with Gasteiger partial charge in [0.1, 0.15) is 0 Å². The maximum absolute atomic E-state index is 5.50. The molecule has 3 nitrogen and oxygen atoms in total. The Hall–Kier alpha value is -0.120. The van der Waals surface area contributed by atoms with Gasteiger partial charge in [0.15, 0.2) is 0 Å². The summed E-state index contributed by atoms with van der Waals surface area (Å²) in [5, 5.41) is 3.11. The first-order valence-corrected chi connectivity index (χ1v) is 4.84. The Bertz CT molecular complexity index is 121. The lowest BCUT2D eigenvalue weighted by Crippen LogP contribution is -2.28. The molecule has 0 saturated heterocycles. The number of nitrogens with one attached hydrogen (secondary N) is 1. The van der Waals surface area contributed by atoms with E-state index in [2.05, 4.69) is 12.2 Å². The van der Waals surface area contributed by atoms with Gasteiger partial charge >= 0.3 is 0 Å². The molecule has 0 spiro atoms. The summed E-state index contributed by atoms with van der Waals surface area (Å²) in [6.45, 7) is 10.3. The van der Waals surface area contributed by atoms with Crippen molar-refractivity contribution in [2.75, 3.05) is 26.9 Å².